The second-order valence-corrected chi connectivity index (χ2v) is 6.83. The summed E-state index contributed by atoms with van der Waals surface area (Å²) >= 11 is 0. The molecule has 0 aliphatic carbocycles. The van der Waals surface area contributed by atoms with E-state index in [1.807, 2.05) is 37.4 Å². The number of methoxy groups -OCH3 is 1. The predicted molar refractivity (Wildman–Crippen MR) is 118 cm³/mol. The number of pyridine rings is 1. The number of aromatic nitrogens is 1. The van der Waals surface area contributed by atoms with Gasteiger partial charge in [0.25, 0.3) is 0 Å². The van der Waals surface area contributed by atoms with Gasteiger partial charge in [-0.05, 0) is 81.0 Å². The van der Waals surface area contributed by atoms with Crippen molar-refractivity contribution in [1.29, 1.82) is 0 Å². The minimum atomic E-state index is 0.612. The van der Waals surface area contributed by atoms with Crippen molar-refractivity contribution >= 4 is 11.8 Å². The van der Waals surface area contributed by atoms with Crippen molar-refractivity contribution in [2.45, 2.75) is 40.0 Å². The summed E-state index contributed by atoms with van der Waals surface area (Å²) in [7, 11) is 1.63. The SMILES string of the molecule is C/C=C/COc1cc(C)c(NCCCCc2ccc(/C=C/OC)nc2)c(C)c1. The van der Waals surface area contributed by atoms with E-state index in [4.69, 9.17) is 9.47 Å². The lowest BCUT2D eigenvalue weighted by molar-refractivity contribution is 0.341. The Morgan fingerprint density at radius 1 is 1.11 bits per heavy atom. The van der Waals surface area contributed by atoms with Crippen LogP contribution in [0, 0.1) is 13.8 Å². The van der Waals surface area contributed by atoms with Crippen molar-refractivity contribution in [3.8, 4) is 5.75 Å². The van der Waals surface area contributed by atoms with Crippen LogP contribution in [-0.2, 0) is 11.2 Å². The Labute approximate surface area is 169 Å². The number of aryl methyl sites for hydroxylation is 3. The van der Waals surface area contributed by atoms with Crippen LogP contribution in [0.5, 0.6) is 5.75 Å². The Bertz CT molecular complexity index is 757. The first-order chi connectivity index (χ1) is 13.6. The number of nitrogens with zero attached hydrogens (tertiary/aromatic N) is 1. The van der Waals surface area contributed by atoms with Gasteiger partial charge in [-0.1, -0.05) is 18.2 Å². The first-order valence-corrected chi connectivity index (χ1v) is 9.87. The second-order valence-electron chi connectivity index (χ2n) is 6.83. The Kier molecular flexibility index (Phi) is 9.13. The van der Waals surface area contributed by atoms with Gasteiger partial charge in [0.05, 0.1) is 19.1 Å². The lowest BCUT2D eigenvalue weighted by Crippen LogP contribution is -2.06. The van der Waals surface area contributed by atoms with Gasteiger partial charge in [-0.25, -0.2) is 0 Å². The highest BCUT2D eigenvalue weighted by Crippen LogP contribution is 2.26. The Balaban J connectivity index is 1.76. The molecule has 0 bridgehead atoms. The van der Waals surface area contributed by atoms with E-state index in [0.717, 1.165) is 37.3 Å². The van der Waals surface area contributed by atoms with E-state index in [-0.39, 0.29) is 0 Å². The third-order valence-electron chi connectivity index (χ3n) is 4.50. The van der Waals surface area contributed by atoms with Gasteiger partial charge < -0.3 is 14.8 Å². The highest BCUT2D eigenvalue weighted by molar-refractivity contribution is 5.59. The van der Waals surface area contributed by atoms with Crippen LogP contribution in [0.15, 0.2) is 48.9 Å². The molecule has 0 saturated heterocycles. The van der Waals surface area contributed by atoms with Crippen LogP contribution in [0.4, 0.5) is 5.69 Å². The van der Waals surface area contributed by atoms with Crippen LogP contribution >= 0.6 is 0 Å². The van der Waals surface area contributed by atoms with Crippen molar-refractivity contribution < 1.29 is 9.47 Å². The molecule has 0 amide bonds. The first-order valence-electron chi connectivity index (χ1n) is 9.87. The van der Waals surface area contributed by atoms with Gasteiger partial charge in [0.1, 0.15) is 12.4 Å². The third kappa shape index (κ3) is 7.10. The van der Waals surface area contributed by atoms with Gasteiger partial charge in [-0.3, -0.25) is 4.98 Å². The Morgan fingerprint density at radius 2 is 1.89 bits per heavy atom. The molecule has 0 spiro atoms. The summed E-state index contributed by atoms with van der Waals surface area (Å²) in [6.07, 6.45) is 12.7. The van der Waals surface area contributed by atoms with E-state index in [2.05, 4.69) is 42.3 Å². The summed E-state index contributed by atoms with van der Waals surface area (Å²) in [5.41, 5.74) is 5.84. The molecule has 0 unspecified atom stereocenters. The maximum absolute atomic E-state index is 5.75. The van der Waals surface area contributed by atoms with Crippen LogP contribution in [-0.4, -0.2) is 25.2 Å². The molecule has 150 valence electrons. The minimum Gasteiger partial charge on any atom is -0.504 e. The fourth-order valence-corrected chi connectivity index (χ4v) is 3.01. The monoisotopic (exact) mass is 380 g/mol. The van der Waals surface area contributed by atoms with Crippen LogP contribution in [0.1, 0.15) is 42.1 Å². The fraction of sp³-hybridized carbons (Fsp3) is 0.375. The van der Waals surface area contributed by atoms with Crippen molar-refractivity contribution in [1.82, 2.24) is 4.98 Å². The van der Waals surface area contributed by atoms with Crippen molar-refractivity contribution in [3.05, 3.63) is 71.3 Å². The van der Waals surface area contributed by atoms with Gasteiger partial charge in [0.2, 0.25) is 0 Å². The van der Waals surface area contributed by atoms with Crippen LogP contribution < -0.4 is 10.1 Å². The molecule has 2 aromatic rings. The summed E-state index contributed by atoms with van der Waals surface area (Å²) in [6.45, 7) is 7.83. The van der Waals surface area contributed by atoms with E-state index in [9.17, 15) is 0 Å². The van der Waals surface area contributed by atoms with E-state index in [1.165, 1.54) is 22.4 Å². The molecule has 4 nitrogen and oxygen atoms in total. The number of benzene rings is 1. The summed E-state index contributed by atoms with van der Waals surface area (Å²) in [6, 6.07) is 8.36. The number of nitrogens with one attached hydrogen (secondary N) is 1. The van der Waals surface area contributed by atoms with Crippen LogP contribution in [0.2, 0.25) is 0 Å². The van der Waals surface area contributed by atoms with Gasteiger partial charge in [0.15, 0.2) is 0 Å². The topological polar surface area (TPSA) is 43.4 Å². The van der Waals surface area contributed by atoms with E-state index in [0.29, 0.717) is 6.61 Å². The summed E-state index contributed by atoms with van der Waals surface area (Å²) in [5, 5.41) is 3.59. The van der Waals surface area contributed by atoms with Crippen molar-refractivity contribution in [3.63, 3.8) is 0 Å². The molecule has 0 aliphatic heterocycles. The molecule has 0 radical (unpaired) electrons. The molecule has 0 saturated carbocycles. The molecule has 1 N–H and O–H groups in total. The number of anilines is 1. The number of hydrogen-bond donors (Lipinski definition) is 1. The zero-order valence-electron chi connectivity index (χ0n) is 17.5. The molecule has 1 heterocycles. The predicted octanol–water partition coefficient (Wildman–Crippen LogP) is 5.71. The zero-order chi connectivity index (χ0) is 20.2. The molecule has 1 aromatic heterocycles. The molecule has 1 aromatic carbocycles. The maximum Gasteiger partial charge on any atom is 0.120 e. The molecule has 0 atom stereocenters. The molecule has 0 fully saturated rings. The highest BCUT2D eigenvalue weighted by Gasteiger charge is 2.05. The third-order valence-corrected chi connectivity index (χ3v) is 4.50. The Morgan fingerprint density at radius 3 is 2.54 bits per heavy atom. The molecule has 4 heteroatoms. The summed E-state index contributed by atoms with van der Waals surface area (Å²) < 4.78 is 10.7. The van der Waals surface area contributed by atoms with E-state index >= 15 is 0 Å². The minimum absolute atomic E-state index is 0.612. The van der Waals surface area contributed by atoms with E-state index < -0.39 is 0 Å². The summed E-state index contributed by atoms with van der Waals surface area (Å²) in [5.74, 6) is 0.926. The highest BCUT2D eigenvalue weighted by atomic mass is 16.5. The number of ether oxygens (including phenoxy) is 2. The maximum atomic E-state index is 5.75. The molecular weight excluding hydrogens is 348 g/mol. The van der Waals surface area contributed by atoms with Gasteiger partial charge in [0, 0.05) is 18.4 Å². The lowest BCUT2D eigenvalue weighted by atomic mass is 10.1. The molecule has 0 aliphatic rings. The average molecular weight is 381 g/mol. The van der Waals surface area contributed by atoms with Crippen LogP contribution in [0.25, 0.3) is 6.08 Å². The zero-order valence-corrected chi connectivity index (χ0v) is 17.5. The second kappa shape index (κ2) is 11.9. The number of hydrogen-bond acceptors (Lipinski definition) is 4. The quantitative estimate of drug-likeness (QED) is 0.308. The molecular formula is C24H32N2O2. The summed E-state index contributed by atoms with van der Waals surface area (Å²) in [4.78, 5) is 4.42. The van der Waals surface area contributed by atoms with Gasteiger partial charge in [-0.2, -0.15) is 0 Å². The Hall–Kier alpha value is -2.75. The van der Waals surface area contributed by atoms with Crippen molar-refractivity contribution in [2.75, 3.05) is 25.6 Å². The van der Waals surface area contributed by atoms with Crippen LogP contribution in [0.3, 0.4) is 0 Å². The molecule has 28 heavy (non-hydrogen) atoms. The van der Waals surface area contributed by atoms with Gasteiger partial charge in [-0.15, -0.1) is 0 Å². The number of allylic oxidation sites excluding steroid dienone is 1. The van der Waals surface area contributed by atoms with E-state index in [1.54, 1.807) is 13.4 Å². The fourth-order valence-electron chi connectivity index (χ4n) is 3.01. The van der Waals surface area contributed by atoms with Gasteiger partial charge >= 0.3 is 0 Å². The number of rotatable bonds is 11. The lowest BCUT2D eigenvalue weighted by Gasteiger charge is -2.15. The van der Waals surface area contributed by atoms with Crippen molar-refractivity contribution in [2.24, 2.45) is 0 Å². The largest absolute Gasteiger partial charge is 0.504 e. The average Bonchev–Trinajstić information content (AvgIpc) is 2.69. The standard InChI is InChI=1S/C24H32N2O2/c1-5-6-14-28-23-16-19(2)24(20(3)17-23)25-13-8-7-9-21-10-11-22(26-18-21)12-15-27-4/h5-6,10-12,15-18,25H,7-9,13-14H2,1-4H3/b6-5+,15-12+. The first kappa shape index (κ1) is 21.5. The smallest absolute Gasteiger partial charge is 0.120 e. The molecule has 2 rings (SSSR count). The number of unbranched alkanes of at least 4 members (excludes halogenated alkanes) is 1. The normalized spacial score (nSPS) is 11.3.